The summed E-state index contributed by atoms with van der Waals surface area (Å²) in [6, 6.07) is 7.01. The van der Waals surface area contributed by atoms with Crippen molar-refractivity contribution in [3.05, 3.63) is 35.5 Å². The quantitative estimate of drug-likeness (QED) is 0.761. The highest BCUT2D eigenvalue weighted by molar-refractivity contribution is 5.89. The van der Waals surface area contributed by atoms with Gasteiger partial charge >= 0.3 is 5.97 Å². The van der Waals surface area contributed by atoms with Gasteiger partial charge in [-0.1, -0.05) is 19.1 Å². The van der Waals surface area contributed by atoms with E-state index in [9.17, 15) is 9.59 Å². The standard InChI is InChI=1S/C22H28N2O3/c1-4-23-11-15-10-20-18(17-7-6-8-19(23)21(15)17)9-16(12-24(20)5-2)22(26)27-13-14(3)25/h6-8,11,16,18,20H,4-5,9-10,12-13H2,1-3H3/t16-,18-,20-/m1/s1. The van der Waals surface area contributed by atoms with Crippen LogP contribution in [0.15, 0.2) is 24.4 Å². The highest BCUT2D eigenvalue weighted by Gasteiger charge is 2.42. The molecule has 1 saturated heterocycles. The maximum absolute atomic E-state index is 12.6. The number of rotatable bonds is 5. The van der Waals surface area contributed by atoms with Gasteiger partial charge in [0, 0.05) is 42.1 Å². The number of likely N-dealkylation sites (tertiary alicyclic amines) is 1. The second-order valence-corrected chi connectivity index (χ2v) is 7.89. The molecule has 0 unspecified atom stereocenters. The lowest BCUT2D eigenvalue weighted by Gasteiger charge is -2.46. The average Bonchev–Trinajstić information content (AvgIpc) is 3.04. The molecule has 2 aliphatic rings. The molecule has 1 aliphatic carbocycles. The molecular weight excluding hydrogens is 340 g/mol. The van der Waals surface area contributed by atoms with Crippen molar-refractivity contribution < 1.29 is 14.3 Å². The summed E-state index contributed by atoms with van der Waals surface area (Å²) in [5, 5.41) is 1.38. The van der Waals surface area contributed by atoms with E-state index in [1.54, 1.807) is 0 Å². The van der Waals surface area contributed by atoms with Gasteiger partial charge < -0.3 is 9.30 Å². The Morgan fingerprint density at radius 3 is 2.74 bits per heavy atom. The summed E-state index contributed by atoms with van der Waals surface area (Å²) in [6.07, 6.45) is 4.15. The predicted molar refractivity (Wildman–Crippen MR) is 105 cm³/mol. The SMILES string of the molecule is CCN1C[C@H](C(=O)OCC(C)=O)C[C@@H]2c3cccc4c3c(cn4CC)C[C@H]21. The van der Waals surface area contributed by atoms with Crippen LogP contribution in [0.4, 0.5) is 0 Å². The zero-order valence-electron chi connectivity index (χ0n) is 16.4. The fraction of sp³-hybridized carbons (Fsp3) is 0.545. The fourth-order valence-corrected chi connectivity index (χ4v) is 5.06. The number of aromatic nitrogens is 1. The highest BCUT2D eigenvalue weighted by Crippen LogP contribution is 2.45. The van der Waals surface area contributed by atoms with E-state index in [1.165, 1.54) is 29.0 Å². The average molecular weight is 368 g/mol. The predicted octanol–water partition coefficient (Wildman–Crippen LogP) is 3.14. The van der Waals surface area contributed by atoms with Gasteiger partial charge in [-0.2, -0.15) is 0 Å². The van der Waals surface area contributed by atoms with E-state index < -0.39 is 0 Å². The van der Waals surface area contributed by atoms with E-state index in [2.05, 4.69) is 47.7 Å². The van der Waals surface area contributed by atoms with Crippen molar-refractivity contribution in [3.63, 3.8) is 0 Å². The minimum atomic E-state index is -0.230. The summed E-state index contributed by atoms with van der Waals surface area (Å²) in [5.41, 5.74) is 4.10. The molecule has 0 bridgehead atoms. The zero-order valence-corrected chi connectivity index (χ0v) is 16.4. The number of benzene rings is 1. The number of esters is 1. The van der Waals surface area contributed by atoms with Crippen LogP contribution in [0.25, 0.3) is 10.9 Å². The molecule has 1 fully saturated rings. The summed E-state index contributed by atoms with van der Waals surface area (Å²) in [7, 11) is 0. The smallest absolute Gasteiger partial charge is 0.310 e. The van der Waals surface area contributed by atoms with Crippen LogP contribution in [0, 0.1) is 5.92 Å². The van der Waals surface area contributed by atoms with E-state index in [0.29, 0.717) is 18.5 Å². The van der Waals surface area contributed by atoms with Crippen LogP contribution in [0.2, 0.25) is 0 Å². The fourth-order valence-electron chi connectivity index (χ4n) is 5.06. The third kappa shape index (κ3) is 3.08. The number of nitrogens with zero attached hydrogens (tertiary/aromatic N) is 2. The zero-order chi connectivity index (χ0) is 19.1. The Hall–Kier alpha value is -2.14. The molecule has 1 aromatic heterocycles. The van der Waals surface area contributed by atoms with Gasteiger partial charge in [0.2, 0.25) is 0 Å². The van der Waals surface area contributed by atoms with Crippen molar-refractivity contribution in [3.8, 4) is 0 Å². The van der Waals surface area contributed by atoms with Crippen LogP contribution in [-0.4, -0.2) is 47.0 Å². The Morgan fingerprint density at radius 2 is 2.04 bits per heavy atom. The number of fused-ring (bicyclic) bond motifs is 2. The lowest BCUT2D eigenvalue weighted by Crippen LogP contribution is -2.51. The third-order valence-corrected chi connectivity index (χ3v) is 6.27. The summed E-state index contributed by atoms with van der Waals surface area (Å²) >= 11 is 0. The molecule has 2 heterocycles. The first-order chi connectivity index (χ1) is 13.0. The highest BCUT2D eigenvalue weighted by atomic mass is 16.5. The number of aryl methyl sites for hydroxylation is 1. The van der Waals surface area contributed by atoms with Crippen LogP contribution >= 0.6 is 0 Å². The molecular formula is C22H28N2O3. The number of Topliss-reactive ketones (excluding diaryl/α,β-unsaturated/α-hetero) is 1. The minimum Gasteiger partial charge on any atom is -0.457 e. The number of ether oxygens (including phenoxy) is 1. The summed E-state index contributed by atoms with van der Waals surface area (Å²) in [6.45, 7) is 8.27. The Labute approximate surface area is 160 Å². The second kappa shape index (κ2) is 7.12. The number of carbonyl (C=O) groups excluding carboxylic acids is 2. The summed E-state index contributed by atoms with van der Waals surface area (Å²) in [4.78, 5) is 26.2. The molecule has 3 atom stereocenters. The van der Waals surface area contributed by atoms with Crippen molar-refractivity contribution >= 4 is 22.7 Å². The molecule has 1 aromatic carbocycles. The molecule has 5 heteroatoms. The monoisotopic (exact) mass is 368 g/mol. The molecule has 144 valence electrons. The molecule has 27 heavy (non-hydrogen) atoms. The van der Waals surface area contributed by atoms with E-state index in [-0.39, 0.29) is 24.3 Å². The first-order valence-electron chi connectivity index (χ1n) is 10.0. The molecule has 0 N–H and O–H groups in total. The summed E-state index contributed by atoms with van der Waals surface area (Å²) < 4.78 is 7.59. The Bertz CT molecular complexity index is 885. The number of hydrogen-bond acceptors (Lipinski definition) is 4. The maximum atomic E-state index is 12.6. The van der Waals surface area contributed by atoms with Crippen LogP contribution in [0.5, 0.6) is 0 Å². The van der Waals surface area contributed by atoms with Crippen molar-refractivity contribution in [1.29, 1.82) is 0 Å². The van der Waals surface area contributed by atoms with Gasteiger partial charge in [-0.25, -0.2) is 0 Å². The topological polar surface area (TPSA) is 51.5 Å². The molecule has 0 radical (unpaired) electrons. The Balaban J connectivity index is 1.69. The number of carbonyl (C=O) groups is 2. The number of hydrogen-bond donors (Lipinski definition) is 0. The Morgan fingerprint density at radius 1 is 1.22 bits per heavy atom. The number of likely N-dealkylation sites (N-methyl/N-ethyl adjacent to an activating group) is 1. The molecule has 0 saturated carbocycles. The first kappa shape index (κ1) is 18.2. The van der Waals surface area contributed by atoms with Crippen molar-refractivity contribution in [2.75, 3.05) is 19.7 Å². The van der Waals surface area contributed by atoms with Gasteiger partial charge in [0.1, 0.15) is 6.61 Å². The normalized spacial score (nSPS) is 24.6. The molecule has 1 aliphatic heterocycles. The largest absolute Gasteiger partial charge is 0.457 e. The van der Waals surface area contributed by atoms with Crippen LogP contribution in [0.3, 0.4) is 0 Å². The van der Waals surface area contributed by atoms with Gasteiger partial charge in [0.05, 0.1) is 5.92 Å². The van der Waals surface area contributed by atoms with Gasteiger partial charge in [0.15, 0.2) is 5.78 Å². The van der Waals surface area contributed by atoms with E-state index in [1.807, 2.05) is 0 Å². The molecule has 2 aromatic rings. The maximum Gasteiger partial charge on any atom is 0.310 e. The molecule has 5 nitrogen and oxygen atoms in total. The van der Waals surface area contributed by atoms with Crippen molar-refractivity contribution in [1.82, 2.24) is 9.47 Å². The van der Waals surface area contributed by atoms with Gasteiger partial charge in [-0.05, 0) is 50.4 Å². The molecule has 4 rings (SSSR count). The molecule has 0 spiro atoms. The first-order valence-corrected chi connectivity index (χ1v) is 10.0. The van der Waals surface area contributed by atoms with Gasteiger partial charge in [-0.15, -0.1) is 0 Å². The lowest BCUT2D eigenvalue weighted by atomic mass is 9.72. The minimum absolute atomic E-state index is 0.114. The number of ketones is 1. The van der Waals surface area contributed by atoms with E-state index in [4.69, 9.17) is 4.74 Å². The summed E-state index contributed by atoms with van der Waals surface area (Å²) in [5.74, 6) is -0.184. The van der Waals surface area contributed by atoms with Crippen molar-refractivity contribution in [2.45, 2.75) is 52.1 Å². The van der Waals surface area contributed by atoms with Gasteiger partial charge in [0.25, 0.3) is 0 Å². The van der Waals surface area contributed by atoms with E-state index in [0.717, 1.165) is 25.9 Å². The Kier molecular flexibility index (Phi) is 4.81. The molecule has 0 amide bonds. The van der Waals surface area contributed by atoms with Crippen LogP contribution < -0.4 is 0 Å². The third-order valence-electron chi connectivity index (χ3n) is 6.27. The number of piperidine rings is 1. The van der Waals surface area contributed by atoms with Gasteiger partial charge in [-0.3, -0.25) is 14.5 Å². The van der Waals surface area contributed by atoms with Crippen LogP contribution in [0.1, 0.15) is 44.2 Å². The van der Waals surface area contributed by atoms with Crippen LogP contribution in [-0.2, 0) is 27.3 Å². The lowest BCUT2D eigenvalue weighted by molar-refractivity contribution is -0.154. The second-order valence-electron chi connectivity index (χ2n) is 7.89. The van der Waals surface area contributed by atoms with Crippen molar-refractivity contribution in [2.24, 2.45) is 5.92 Å². The van der Waals surface area contributed by atoms with E-state index >= 15 is 0 Å².